The molecule has 2 nitrogen and oxygen atoms in total. The van der Waals surface area contributed by atoms with Gasteiger partial charge in [0.2, 0.25) is 0 Å². The maximum atomic E-state index is 3.52. The van der Waals surface area contributed by atoms with Crippen molar-refractivity contribution in [3.63, 3.8) is 0 Å². The maximum absolute atomic E-state index is 3.52. The zero-order valence-electron chi connectivity index (χ0n) is 12.5. The van der Waals surface area contributed by atoms with E-state index in [4.69, 9.17) is 0 Å². The lowest BCUT2D eigenvalue weighted by molar-refractivity contribution is 0.139. The van der Waals surface area contributed by atoms with Crippen LogP contribution in [0.1, 0.15) is 52.9 Å². The van der Waals surface area contributed by atoms with Crippen LogP contribution in [0.4, 0.5) is 0 Å². The van der Waals surface area contributed by atoms with Gasteiger partial charge in [-0.25, -0.2) is 0 Å². The summed E-state index contributed by atoms with van der Waals surface area (Å²) in [4.78, 5) is 2.57. The number of nitrogens with one attached hydrogen (secondary N) is 1. The van der Waals surface area contributed by atoms with Crippen LogP contribution in [-0.4, -0.2) is 37.6 Å². The van der Waals surface area contributed by atoms with Crippen molar-refractivity contribution in [2.45, 2.75) is 65.0 Å². The molecule has 17 heavy (non-hydrogen) atoms. The van der Waals surface area contributed by atoms with Gasteiger partial charge in [0.1, 0.15) is 0 Å². The summed E-state index contributed by atoms with van der Waals surface area (Å²) in [6, 6.07) is 1.47. The lowest BCUT2D eigenvalue weighted by atomic mass is 9.78. The smallest absolute Gasteiger partial charge is 0.0105 e. The molecule has 0 saturated heterocycles. The summed E-state index contributed by atoms with van der Waals surface area (Å²) < 4.78 is 0. The fourth-order valence-electron chi connectivity index (χ4n) is 3.27. The number of nitrogens with zero attached hydrogens (tertiary/aromatic N) is 1. The van der Waals surface area contributed by atoms with E-state index < -0.39 is 0 Å². The fourth-order valence-corrected chi connectivity index (χ4v) is 3.27. The number of hydrogen-bond donors (Lipinski definition) is 1. The van der Waals surface area contributed by atoms with Gasteiger partial charge in [-0.2, -0.15) is 0 Å². The van der Waals surface area contributed by atoms with E-state index in [0.717, 1.165) is 23.9 Å². The Balaban J connectivity index is 2.46. The first-order valence-electron chi connectivity index (χ1n) is 7.45. The molecule has 1 aliphatic rings. The van der Waals surface area contributed by atoms with Gasteiger partial charge < -0.3 is 10.2 Å². The minimum Gasteiger partial charge on any atom is -0.317 e. The summed E-state index contributed by atoms with van der Waals surface area (Å²) in [5.41, 5.74) is 0. The summed E-state index contributed by atoms with van der Waals surface area (Å²) in [5, 5.41) is 3.52. The second-order valence-electron chi connectivity index (χ2n) is 6.15. The van der Waals surface area contributed by atoms with Crippen LogP contribution in [0.25, 0.3) is 0 Å². The van der Waals surface area contributed by atoms with Gasteiger partial charge in [-0.3, -0.25) is 0 Å². The number of rotatable bonds is 6. The van der Waals surface area contributed by atoms with Gasteiger partial charge in [0.15, 0.2) is 0 Å². The van der Waals surface area contributed by atoms with Crippen molar-refractivity contribution >= 4 is 0 Å². The van der Waals surface area contributed by atoms with E-state index in [2.05, 4.69) is 45.1 Å². The highest BCUT2D eigenvalue weighted by molar-refractivity contribution is 4.85. The van der Waals surface area contributed by atoms with Gasteiger partial charge in [0, 0.05) is 18.6 Å². The molecule has 0 aromatic rings. The standard InChI is InChI=1S/C15H32N2/c1-6-7-13(3)17(5)11-14-10-12(2)8-9-15(14)16-4/h12-16H,6-11H2,1-5H3. The Morgan fingerprint density at radius 1 is 1.35 bits per heavy atom. The first kappa shape index (κ1) is 15.0. The third kappa shape index (κ3) is 4.59. The van der Waals surface area contributed by atoms with Crippen molar-refractivity contribution in [2.75, 3.05) is 20.6 Å². The van der Waals surface area contributed by atoms with Crippen LogP contribution in [0.15, 0.2) is 0 Å². The number of hydrogen-bond acceptors (Lipinski definition) is 2. The average molecular weight is 240 g/mol. The summed E-state index contributed by atoms with van der Waals surface area (Å²) in [7, 11) is 4.43. The SMILES string of the molecule is CCCC(C)N(C)CC1CC(C)CCC1NC. The topological polar surface area (TPSA) is 15.3 Å². The second-order valence-corrected chi connectivity index (χ2v) is 6.15. The zero-order chi connectivity index (χ0) is 12.8. The molecule has 1 rings (SSSR count). The Bertz CT molecular complexity index is 205. The second kappa shape index (κ2) is 7.38. The first-order valence-corrected chi connectivity index (χ1v) is 7.45. The van der Waals surface area contributed by atoms with E-state index >= 15 is 0 Å². The Morgan fingerprint density at radius 2 is 2.06 bits per heavy atom. The van der Waals surface area contributed by atoms with Crippen LogP contribution in [0.2, 0.25) is 0 Å². The van der Waals surface area contributed by atoms with Crippen LogP contribution >= 0.6 is 0 Å². The molecule has 0 aromatic heterocycles. The molecule has 0 radical (unpaired) electrons. The molecule has 2 heteroatoms. The molecule has 4 atom stereocenters. The Labute approximate surface area is 108 Å². The molecular weight excluding hydrogens is 208 g/mol. The zero-order valence-corrected chi connectivity index (χ0v) is 12.5. The lowest BCUT2D eigenvalue weighted by Gasteiger charge is -2.38. The van der Waals surface area contributed by atoms with Gasteiger partial charge in [0.25, 0.3) is 0 Å². The van der Waals surface area contributed by atoms with Crippen LogP contribution in [0.3, 0.4) is 0 Å². The molecule has 0 bridgehead atoms. The molecule has 102 valence electrons. The Kier molecular flexibility index (Phi) is 6.50. The van der Waals surface area contributed by atoms with Crippen molar-refractivity contribution in [3.8, 4) is 0 Å². The van der Waals surface area contributed by atoms with Crippen molar-refractivity contribution in [1.29, 1.82) is 0 Å². The van der Waals surface area contributed by atoms with E-state index in [0.29, 0.717) is 0 Å². The summed E-state index contributed by atoms with van der Waals surface area (Å²) >= 11 is 0. The molecule has 1 fully saturated rings. The molecule has 4 unspecified atom stereocenters. The van der Waals surface area contributed by atoms with E-state index in [9.17, 15) is 0 Å². The predicted octanol–water partition coefficient (Wildman–Crippen LogP) is 3.13. The molecule has 0 aliphatic heterocycles. The highest BCUT2D eigenvalue weighted by atomic mass is 15.1. The summed E-state index contributed by atoms with van der Waals surface area (Å²) in [5.74, 6) is 1.76. The molecular formula is C15H32N2. The highest BCUT2D eigenvalue weighted by Gasteiger charge is 2.28. The quantitative estimate of drug-likeness (QED) is 0.767. The average Bonchev–Trinajstić information content (AvgIpc) is 2.29. The monoisotopic (exact) mass is 240 g/mol. The largest absolute Gasteiger partial charge is 0.317 e. The minimum absolute atomic E-state index is 0.731. The van der Waals surface area contributed by atoms with Gasteiger partial charge in [-0.15, -0.1) is 0 Å². The molecule has 0 aromatic carbocycles. The fraction of sp³-hybridized carbons (Fsp3) is 1.00. The van der Waals surface area contributed by atoms with Gasteiger partial charge in [-0.1, -0.05) is 20.3 Å². The minimum atomic E-state index is 0.731. The Hall–Kier alpha value is -0.0800. The van der Waals surface area contributed by atoms with Crippen molar-refractivity contribution in [2.24, 2.45) is 11.8 Å². The molecule has 1 aliphatic carbocycles. The third-order valence-electron chi connectivity index (χ3n) is 4.60. The van der Waals surface area contributed by atoms with Crippen molar-refractivity contribution in [1.82, 2.24) is 10.2 Å². The normalized spacial score (nSPS) is 31.8. The summed E-state index contributed by atoms with van der Waals surface area (Å²) in [6.45, 7) is 8.32. The first-order chi connectivity index (χ1) is 8.08. The maximum Gasteiger partial charge on any atom is 0.0105 e. The molecule has 0 amide bonds. The molecule has 0 spiro atoms. The van der Waals surface area contributed by atoms with Gasteiger partial charge in [0.05, 0.1) is 0 Å². The van der Waals surface area contributed by atoms with Crippen LogP contribution < -0.4 is 5.32 Å². The van der Waals surface area contributed by atoms with E-state index in [1.807, 2.05) is 0 Å². The van der Waals surface area contributed by atoms with Gasteiger partial charge >= 0.3 is 0 Å². The molecule has 1 N–H and O–H groups in total. The predicted molar refractivity (Wildman–Crippen MR) is 76.4 cm³/mol. The Morgan fingerprint density at radius 3 is 2.65 bits per heavy atom. The molecule has 1 saturated carbocycles. The van der Waals surface area contributed by atoms with Crippen LogP contribution in [0.5, 0.6) is 0 Å². The highest BCUT2D eigenvalue weighted by Crippen LogP contribution is 2.29. The summed E-state index contributed by atoms with van der Waals surface area (Å²) in [6.07, 6.45) is 6.77. The van der Waals surface area contributed by atoms with E-state index in [1.165, 1.54) is 38.6 Å². The van der Waals surface area contributed by atoms with Crippen molar-refractivity contribution < 1.29 is 0 Å². The van der Waals surface area contributed by atoms with E-state index in [-0.39, 0.29) is 0 Å². The van der Waals surface area contributed by atoms with Crippen molar-refractivity contribution in [3.05, 3.63) is 0 Å². The third-order valence-corrected chi connectivity index (χ3v) is 4.60. The van der Waals surface area contributed by atoms with Gasteiger partial charge in [-0.05, 0) is 58.5 Å². The van der Waals surface area contributed by atoms with E-state index in [1.54, 1.807) is 0 Å². The van der Waals surface area contributed by atoms with Crippen LogP contribution in [0, 0.1) is 11.8 Å². The lowest BCUT2D eigenvalue weighted by Crippen LogP contribution is -2.45. The molecule has 0 heterocycles. The van der Waals surface area contributed by atoms with Crippen LogP contribution in [-0.2, 0) is 0 Å².